The van der Waals surface area contributed by atoms with E-state index in [0.29, 0.717) is 17.5 Å². The highest BCUT2D eigenvalue weighted by molar-refractivity contribution is 6.31. The Bertz CT molecular complexity index is 714. The maximum atomic E-state index is 12.0. The van der Waals surface area contributed by atoms with Crippen molar-refractivity contribution in [2.75, 3.05) is 11.9 Å². The summed E-state index contributed by atoms with van der Waals surface area (Å²) in [6.45, 7) is 0.806. The van der Waals surface area contributed by atoms with Crippen LogP contribution >= 0.6 is 11.6 Å². The molecule has 1 amide bonds. The molecule has 0 bridgehead atoms. The lowest BCUT2D eigenvalue weighted by Crippen LogP contribution is -2.29. The van der Waals surface area contributed by atoms with Crippen molar-refractivity contribution >= 4 is 34.1 Å². The molecule has 2 aliphatic rings. The van der Waals surface area contributed by atoms with E-state index in [0.717, 1.165) is 36.0 Å². The number of pyridine rings is 1. The summed E-state index contributed by atoms with van der Waals surface area (Å²) in [7, 11) is 0. The maximum absolute atomic E-state index is 12.0. The first-order valence-corrected chi connectivity index (χ1v) is 7.69. The van der Waals surface area contributed by atoms with E-state index in [1.165, 1.54) is 0 Å². The van der Waals surface area contributed by atoms with Crippen LogP contribution in [-0.2, 0) is 4.79 Å². The maximum Gasteiger partial charge on any atom is 0.225 e. The van der Waals surface area contributed by atoms with Crippen LogP contribution in [0.25, 0.3) is 10.9 Å². The minimum atomic E-state index is 0.180. The van der Waals surface area contributed by atoms with Gasteiger partial charge in [0, 0.05) is 41.3 Å². The van der Waals surface area contributed by atoms with Gasteiger partial charge in [-0.2, -0.15) is 0 Å². The number of carbonyl (C=O) groups is 1. The predicted octanol–water partition coefficient (Wildman–Crippen LogP) is 3.06. The minimum Gasteiger partial charge on any atom is -0.379 e. The molecule has 4 nitrogen and oxygen atoms in total. The summed E-state index contributed by atoms with van der Waals surface area (Å²) in [5.41, 5.74) is 1.89. The number of aromatic nitrogens is 1. The van der Waals surface area contributed by atoms with Crippen molar-refractivity contribution in [2.45, 2.75) is 31.3 Å². The predicted molar refractivity (Wildman–Crippen MR) is 83.5 cm³/mol. The van der Waals surface area contributed by atoms with Gasteiger partial charge in [-0.05, 0) is 37.1 Å². The van der Waals surface area contributed by atoms with E-state index < -0.39 is 0 Å². The van der Waals surface area contributed by atoms with Gasteiger partial charge in [-0.15, -0.1) is 0 Å². The van der Waals surface area contributed by atoms with Crippen LogP contribution in [0.2, 0.25) is 5.02 Å². The molecule has 1 N–H and O–H groups in total. The summed E-state index contributed by atoms with van der Waals surface area (Å²) >= 11 is 6.01. The summed E-state index contributed by atoms with van der Waals surface area (Å²) < 4.78 is 0. The van der Waals surface area contributed by atoms with E-state index in [2.05, 4.69) is 10.3 Å². The molecule has 0 spiro atoms. The molecular formula is C16H16ClN3O. The van der Waals surface area contributed by atoms with E-state index in [-0.39, 0.29) is 11.9 Å². The normalized spacial score (nSPS) is 22.0. The number of nitrogens with one attached hydrogen (secondary N) is 1. The van der Waals surface area contributed by atoms with Crippen LogP contribution in [0.4, 0.5) is 5.69 Å². The standard InChI is InChI=1S/C16H16ClN3O/c17-10-1-4-13-14(5-6-18-15(13)7-10)19-11-8-16(21)20(9-11)12-2-3-12/h1,4-7,11-12H,2-3,8-9H2,(H,18,19). The SMILES string of the molecule is O=C1CC(Nc2ccnc3cc(Cl)ccc23)CN1C1CC1. The molecule has 2 aromatic rings. The van der Waals surface area contributed by atoms with Gasteiger partial charge in [0.15, 0.2) is 0 Å². The Hall–Kier alpha value is -1.81. The summed E-state index contributed by atoms with van der Waals surface area (Å²) in [5, 5.41) is 5.23. The average Bonchev–Trinajstić information content (AvgIpc) is 3.23. The first-order valence-electron chi connectivity index (χ1n) is 7.31. The third kappa shape index (κ3) is 2.44. The topological polar surface area (TPSA) is 45.2 Å². The molecule has 2 fully saturated rings. The van der Waals surface area contributed by atoms with E-state index in [1.54, 1.807) is 6.20 Å². The summed E-state index contributed by atoms with van der Waals surface area (Å²) in [4.78, 5) is 18.4. The lowest BCUT2D eigenvalue weighted by Gasteiger charge is -2.17. The van der Waals surface area contributed by atoms with Crippen LogP contribution in [0, 0.1) is 0 Å². The fraction of sp³-hybridized carbons (Fsp3) is 0.375. The number of rotatable bonds is 3. The van der Waals surface area contributed by atoms with Crippen LogP contribution in [0.5, 0.6) is 0 Å². The second kappa shape index (κ2) is 4.88. The second-order valence-electron chi connectivity index (χ2n) is 5.84. The van der Waals surface area contributed by atoms with Crippen LogP contribution in [0.15, 0.2) is 30.5 Å². The van der Waals surface area contributed by atoms with Crippen molar-refractivity contribution in [1.82, 2.24) is 9.88 Å². The highest BCUT2D eigenvalue weighted by atomic mass is 35.5. The number of anilines is 1. The van der Waals surface area contributed by atoms with Gasteiger partial charge in [0.25, 0.3) is 0 Å². The van der Waals surface area contributed by atoms with Gasteiger partial charge in [0.05, 0.1) is 11.6 Å². The molecule has 5 heteroatoms. The molecule has 1 aromatic carbocycles. The van der Waals surface area contributed by atoms with Crippen LogP contribution in [0.3, 0.4) is 0 Å². The fourth-order valence-electron chi connectivity index (χ4n) is 3.03. The largest absolute Gasteiger partial charge is 0.379 e. The molecule has 1 aromatic heterocycles. The molecule has 4 rings (SSSR count). The Morgan fingerprint density at radius 2 is 2.14 bits per heavy atom. The molecule has 1 aliphatic heterocycles. The van der Waals surface area contributed by atoms with Gasteiger partial charge in [-0.25, -0.2) is 0 Å². The van der Waals surface area contributed by atoms with Crippen molar-refractivity contribution in [1.29, 1.82) is 0 Å². The van der Waals surface area contributed by atoms with E-state index in [1.807, 2.05) is 29.2 Å². The van der Waals surface area contributed by atoms with Crippen molar-refractivity contribution < 1.29 is 4.79 Å². The molecule has 1 unspecified atom stereocenters. The molecule has 1 saturated heterocycles. The van der Waals surface area contributed by atoms with Crippen LogP contribution in [0.1, 0.15) is 19.3 Å². The average molecular weight is 302 g/mol. The summed E-state index contributed by atoms with van der Waals surface area (Å²) in [6, 6.07) is 8.34. The van der Waals surface area contributed by atoms with E-state index in [4.69, 9.17) is 11.6 Å². The Balaban J connectivity index is 1.58. The van der Waals surface area contributed by atoms with Crippen molar-refractivity contribution in [3.63, 3.8) is 0 Å². The molecule has 0 radical (unpaired) electrons. The van der Waals surface area contributed by atoms with Gasteiger partial charge >= 0.3 is 0 Å². The Morgan fingerprint density at radius 1 is 1.29 bits per heavy atom. The van der Waals surface area contributed by atoms with Crippen LogP contribution < -0.4 is 5.32 Å². The number of carbonyl (C=O) groups excluding carboxylic acids is 1. The Labute approximate surface area is 128 Å². The van der Waals surface area contributed by atoms with E-state index in [9.17, 15) is 4.79 Å². The minimum absolute atomic E-state index is 0.180. The fourth-order valence-corrected chi connectivity index (χ4v) is 3.20. The summed E-state index contributed by atoms with van der Waals surface area (Å²) in [6.07, 6.45) is 4.68. The number of benzene rings is 1. The second-order valence-corrected chi connectivity index (χ2v) is 6.28. The summed E-state index contributed by atoms with van der Waals surface area (Å²) in [5.74, 6) is 0.274. The molecule has 1 aliphatic carbocycles. The molecular weight excluding hydrogens is 286 g/mol. The van der Waals surface area contributed by atoms with Gasteiger partial charge in [0.1, 0.15) is 0 Å². The van der Waals surface area contributed by atoms with Crippen LogP contribution in [-0.4, -0.2) is 34.4 Å². The quantitative estimate of drug-likeness (QED) is 0.947. The van der Waals surface area contributed by atoms with Gasteiger partial charge in [-0.3, -0.25) is 9.78 Å². The highest BCUT2D eigenvalue weighted by Crippen LogP contribution is 2.32. The van der Waals surface area contributed by atoms with Gasteiger partial charge in [-0.1, -0.05) is 11.6 Å². The third-order valence-corrected chi connectivity index (χ3v) is 4.45. The smallest absolute Gasteiger partial charge is 0.225 e. The lowest BCUT2D eigenvalue weighted by molar-refractivity contribution is -0.128. The first kappa shape index (κ1) is 12.9. The van der Waals surface area contributed by atoms with Crippen molar-refractivity contribution in [3.8, 4) is 0 Å². The molecule has 1 atom stereocenters. The molecule has 1 saturated carbocycles. The number of hydrogen-bond acceptors (Lipinski definition) is 3. The highest BCUT2D eigenvalue weighted by Gasteiger charge is 2.39. The number of halogens is 1. The van der Waals surface area contributed by atoms with Gasteiger partial charge in [0.2, 0.25) is 5.91 Å². The number of likely N-dealkylation sites (tertiary alicyclic amines) is 1. The zero-order valence-electron chi connectivity index (χ0n) is 11.6. The van der Waals surface area contributed by atoms with E-state index >= 15 is 0 Å². The zero-order valence-corrected chi connectivity index (χ0v) is 12.3. The number of nitrogens with zero attached hydrogens (tertiary/aromatic N) is 2. The number of amides is 1. The van der Waals surface area contributed by atoms with Gasteiger partial charge < -0.3 is 10.2 Å². The molecule has 21 heavy (non-hydrogen) atoms. The molecule has 2 heterocycles. The number of hydrogen-bond donors (Lipinski definition) is 1. The Kier molecular flexibility index (Phi) is 3.00. The first-order chi connectivity index (χ1) is 10.2. The van der Waals surface area contributed by atoms with Crippen molar-refractivity contribution in [3.05, 3.63) is 35.5 Å². The molecule has 108 valence electrons. The lowest BCUT2D eigenvalue weighted by atomic mass is 10.1. The zero-order chi connectivity index (χ0) is 14.4. The third-order valence-electron chi connectivity index (χ3n) is 4.21. The Morgan fingerprint density at radius 3 is 2.95 bits per heavy atom. The monoisotopic (exact) mass is 301 g/mol. The number of fused-ring (bicyclic) bond motifs is 1. The van der Waals surface area contributed by atoms with Crippen molar-refractivity contribution in [2.24, 2.45) is 0 Å².